The highest BCUT2D eigenvalue weighted by Gasteiger charge is 2.37. The van der Waals surface area contributed by atoms with Crippen molar-refractivity contribution in [1.82, 2.24) is 9.80 Å². The van der Waals surface area contributed by atoms with Crippen LogP contribution < -0.4 is 5.32 Å². The molecular weight excluding hydrogens is 531 g/mol. The molecule has 0 saturated carbocycles. The number of amides is 1. The fourth-order valence-electron chi connectivity index (χ4n) is 6.65. The van der Waals surface area contributed by atoms with Gasteiger partial charge in [-0.25, -0.2) is 13.2 Å². The molecule has 0 aromatic heterocycles. The molecule has 3 aliphatic heterocycles. The Bertz CT molecular complexity index is 1250. The van der Waals surface area contributed by atoms with Crippen LogP contribution in [0.5, 0.6) is 0 Å². The first kappa shape index (κ1) is 29.2. The summed E-state index contributed by atoms with van der Waals surface area (Å²) in [4.78, 5) is 29.7. The largest absolute Gasteiger partial charge is 0.465 e. The average Bonchev–Trinajstić information content (AvgIpc) is 3.42. The van der Waals surface area contributed by atoms with Gasteiger partial charge in [0.1, 0.15) is 6.04 Å². The normalized spacial score (nSPS) is 21.1. The van der Waals surface area contributed by atoms with Gasteiger partial charge >= 0.3 is 5.97 Å². The monoisotopic (exact) mass is 569 g/mol. The number of likely N-dealkylation sites (tertiary alicyclic amines) is 2. The lowest BCUT2D eigenvalue weighted by atomic mass is 9.80. The number of benzene rings is 2. The van der Waals surface area contributed by atoms with Crippen LogP contribution in [0.1, 0.15) is 56.1 Å². The zero-order valence-electron chi connectivity index (χ0n) is 23.5. The first-order valence-corrected chi connectivity index (χ1v) is 14.7. The molecule has 5 rings (SSSR count). The molecule has 0 radical (unpaired) electrons. The summed E-state index contributed by atoms with van der Waals surface area (Å²) in [6.45, 7) is 5.93. The van der Waals surface area contributed by atoms with Crippen molar-refractivity contribution in [2.24, 2.45) is 11.8 Å². The maximum Gasteiger partial charge on any atom is 0.323 e. The molecule has 2 unspecified atom stereocenters. The molecule has 0 bridgehead atoms. The molecule has 3 heterocycles. The second-order valence-electron chi connectivity index (χ2n) is 11.4. The number of fused-ring (bicyclic) bond motifs is 1. The quantitative estimate of drug-likeness (QED) is 0.255. The van der Waals surface area contributed by atoms with E-state index in [4.69, 9.17) is 4.74 Å². The van der Waals surface area contributed by atoms with E-state index in [-0.39, 0.29) is 29.4 Å². The van der Waals surface area contributed by atoms with Crippen molar-refractivity contribution >= 4 is 23.6 Å². The fraction of sp³-hybridized carbons (Fsp3) is 0.500. The molecule has 1 amide bonds. The van der Waals surface area contributed by atoms with Crippen LogP contribution in [-0.4, -0.2) is 67.0 Å². The molecule has 0 aliphatic carbocycles. The average molecular weight is 570 g/mol. The van der Waals surface area contributed by atoms with Gasteiger partial charge in [0.15, 0.2) is 17.5 Å². The first-order valence-electron chi connectivity index (χ1n) is 14.7. The summed E-state index contributed by atoms with van der Waals surface area (Å²) in [7, 11) is 0. The highest BCUT2D eigenvalue weighted by Crippen LogP contribution is 2.41. The Morgan fingerprint density at radius 2 is 1.71 bits per heavy atom. The molecule has 6 nitrogen and oxygen atoms in total. The number of piperidine rings is 2. The van der Waals surface area contributed by atoms with Crippen molar-refractivity contribution in [3.63, 3.8) is 0 Å². The predicted octanol–water partition coefficient (Wildman–Crippen LogP) is 5.60. The summed E-state index contributed by atoms with van der Waals surface area (Å²) in [6, 6.07) is 9.96. The number of hydrogen-bond acceptors (Lipinski definition) is 5. The number of para-hydroxylation sites is 1. The third kappa shape index (κ3) is 6.77. The SMILES string of the molecule is CCOC(=O)C(CC1CCN(C(=O)/C=C/c2cc(F)c(F)c(F)c2)CC1)N1CCC(C2CNc3ccccc32)CC1. The van der Waals surface area contributed by atoms with Crippen molar-refractivity contribution < 1.29 is 27.5 Å². The van der Waals surface area contributed by atoms with Crippen LogP contribution in [-0.2, 0) is 14.3 Å². The zero-order valence-corrected chi connectivity index (χ0v) is 23.5. The summed E-state index contributed by atoms with van der Waals surface area (Å²) < 4.78 is 45.6. The van der Waals surface area contributed by atoms with Crippen molar-refractivity contribution in [3.05, 3.63) is 71.1 Å². The van der Waals surface area contributed by atoms with Gasteiger partial charge in [0, 0.05) is 37.3 Å². The summed E-state index contributed by atoms with van der Waals surface area (Å²) in [6.07, 6.45) is 6.85. The van der Waals surface area contributed by atoms with Crippen LogP contribution in [0.3, 0.4) is 0 Å². The van der Waals surface area contributed by atoms with E-state index in [9.17, 15) is 22.8 Å². The Morgan fingerprint density at radius 3 is 2.39 bits per heavy atom. The number of rotatable bonds is 8. The summed E-state index contributed by atoms with van der Waals surface area (Å²) in [5.41, 5.74) is 2.73. The lowest BCUT2D eigenvalue weighted by molar-refractivity contribution is -0.151. The number of nitrogens with one attached hydrogen (secondary N) is 1. The Kier molecular flexibility index (Phi) is 9.32. The van der Waals surface area contributed by atoms with Gasteiger partial charge in [0.2, 0.25) is 5.91 Å². The number of hydrogen-bond donors (Lipinski definition) is 1. The van der Waals surface area contributed by atoms with Gasteiger partial charge < -0.3 is 15.0 Å². The lowest BCUT2D eigenvalue weighted by Crippen LogP contribution is -2.49. The lowest BCUT2D eigenvalue weighted by Gasteiger charge is -2.40. The molecular formula is C32H38F3N3O3. The van der Waals surface area contributed by atoms with E-state index in [0.29, 0.717) is 38.0 Å². The van der Waals surface area contributed by atoms with Crippen molar-refractivity contribution in [2.45, 2.75) is 51.0 Å². The third-order valence-electron chi connectivity index (χ3n) is 8.92. The smallest absolute Gasteiger partial charge is 0.323 e. The number of halogens is 3. The van der Waals surface area contributed by atoms with Crippen molar-refractivity contribution in [3.8, 4) is 0 Å². The zero-order chi connectivity index (χ0) is 28.9. The minimum Gasteiger partial charge on any atom is -0.465 e. The first-order chi connectivity index (χ1) is 19.8. The molecule has 220 valence electrons. The van der Waals surface area contributed by atoms with E-state index in [1.54, 1.807) is 4.90 Å². The Labute approximate surface area is 239 Å². The van der Waals surface area contributed by atoms with E-state index in [1.165, 1.54) is 23.4 Å². The van der Waals surface area contributed by atoms with Gasteiger partial charge in [-0.3, -0.25) is 14.5 Å². The topological polar surface area (TPSA) is 61.9 Å². The summed E-state index contributed by atoms with van der Waals surface area (Å²) >= 11 is 0. The molecule has 0 spiro atoms. The second-order valence-corrected chi connectivity index (χ2v) is 11.4. The maximum atomic E-state index is 13.5. The Morgan fingerprint density at radius 1 is 1.02 bits per heavy atom. The molecule has 2 aromatic rings. The van der Waals surface area contributed by atoms with Crippen molar-refractivity contribution in [1.29, 1.82) is 0 Å². The number of anilines is 1. The van der Waals surface area contributed by atoms with E-state index in [0.717, 1.165) is 57.5 Å². The number of carbonyl (C=O) groups excluding carboxylic acids is 2. The molecule has 2 saturated heterocycles. The number of ether oxygens (including phenoxy) is 1. The Balaban J connectivity index is 1.14. The number of nitrogens with zero attached hydrogens (tertiary/aromatic N) is 2. The van der Waals surface area contributed by atoms with Crippen LogP contribution in [0.25, 0.3) is 6.08 Å². The van der Waals surface area contributed by atoms with Gasteiger partial charge in [0.25, 0.3) is 0 Å². The molecule has 9 heteroatoms. The second kappa shape index (κ2) is 13.1. The Hall–Kier alpha value is -3.33. The van der Waals surface area contributed by atoms with Crippen LogP contribution in [0.15, 0.2) is 42.5 Å². The number of esters is 1. The number of carbonyl (C=O) groups is 2. The fourth-order valence-corrected chi connectivity index (χ4v) is 6.65. The minimum atomic E-state index is -1.53. The van der Waals surface area contributed by atoms with Crippen LogP contribution in [0, 0.1) is 29.3 Å². The molecule has 2 fully saturated rings. The summed E-state index contributed by atoms with van der Waals surface area (Å²) in [5.74, 6) is -3.18. The van der Waals surface area contributed by atoms with Gasteiger partial charge in [-0.15, -0.1) is 0 Å². The maximum absolute atomic E-state index is 13.5. The van der Waals surface area contributed by atoms with E-state index < -0.39 is 17.5 Å². The van der Waals surface area contributed by atoms with Gasteiger partial charge in [-0.2, -0.15) is 0 Å². The van der Waals surface area contributed by atoms with Gasteiger partial charge in [-0.1, -0.05) is 18.2 Å². The highest BCUT2D eigenvalue weighted by atomic mass is 19.2. The van der Waals surface area contributed by atoms with Crippen LogP contribution >= 0.6 is 0 Å². The van der Waals surface area contributed by atoms with E-state index >= 15 is 0 Å². The third-order valence-corrected chi connectivity index (χ3v) is 8.92. The van der Waals surface area contributed by atoms with Gasteiger partial charge in [-0.05, 0) is 99.4 Å². The molecule has 2 aromatic carbocycles. The standard InChI is InChI=1S/C32H38F3N3O3/c1-2-41-32(40)29(37-15-11-23(12-16-37)25-20-36-28-6-4-3-5-24(25)28)19-21-9-13-38(14-10-21)30(39)8-7-22-17-26(33)31(35)27(34)18-22/h3-8,17-18,21,23,25,29,36H,2,9-16,19-20H2,1H3/b8-7+. The van der Waals surface area contributed by atoms with E-state index in [1.807, 2.05) is 6.92 Å². The van der Waals surface area contributed by atoms with Crippen LogP contribution in [0.2, 0.25) is 0 Å². The minimum absolute atomic E-state index is 0.0825. The molecule has 1 N–H and O–H groups in total. The van der Waals surface area contributed by atoms with Crippen LogP contribution in [0.4, 0.5) is 18.9 Å². The molecule has 3 aliphatic rings. The van der Waals surface area contributed by atoms with Crippen molar-refractivity contribution in [2.75, 3.05) is 44.6 Å². The van der Waals surface area contributed by atoms with E-state index in [2.05, 4.69) is 34.5 Å². The molecule has 41 heavy (non-hydrogen) atoms. The summed E-state index contributed by atoms with van der Waals surface area (Å²) in [5, 5.41) is 3.54. The van der Waals surface area contributed by atoms with Gasteiger partial charge in [0.05, 0.1) is 6.61 Å². The predicted molar refractivity (Wildman–Crippen MR) is 152 cm³/mol. The highest BCUT2D eigenvalue weighted by molar-refractivity contribution is 5.91. The molecule has 2 atom stereocenters.